The van der Waals surface area contributed by atoms with Crippen molar-refractivity contribution in [1.82, 2.24) is 14.8 Å². The lowest BCUT2D eigenvalue weighted by atomic mass is 10.2. The van der Waals surface area contributed by atoms with Crippen LogP contribution in [0.2, 0.25) is 0 Å². The van der Waals surface area contributed by atoms with Crippen molar-refractivity contribution in [2.75, 3.05) is 22.6 Å². The van der Waals surface area contributed by atoms with E-state index in [1.165, 1.54) is 29.2 Å². The molecule has 3 amide bonds. The van der Waals surface area contributed by atoms with Crippen molar-refractivity contribution < 1.29 is 45.4 Å². The maximum absolute atomic E-state index is 12.9. The number of carbonyl (C=O) groups excluding carboxylic acids is 2. The number of nitrogens with zero attached hydrogens (tertiary/aromatic N) is 5. The summed E-state index contributed by atoms with van der Waals surface area (Å²) in [6.07, 6.45) is -8.99. The molecule has 4 aromatic rings. The zero-order valence-corrected chi connectivity index (χ0v) is 25.3. The molecule has 1 N–H and O–H groups in total. The Hall–Kier alpha value is -5.06. The summed E-state index contributed by atoms with van der Waals surface area (Å²) in [5.41, 5.74) is 2.93. The summed E-state index contributed by atoms with van der Waals surface area (Å²) in [5, 5.41) is 7.06. The molecule has 5 rings (SSSR count). The van der Waals surface area contributed by atoms with Gasteiger partial charge in [-0.3, -0.25) is 9.69 Å². The third-order valence-electron chi connectivity index (χ3n) is 6.52. The molecule has 17 heteroatoms. The summed E-state index contributed by atoms with van der Waals surface area (Å²) in [4.78, 5) is 35.2. The van der Waals surface area contributed by atoms with Crippen LogP contribution in [0.3, 0.4) is 0 Å². The van der Waals surface area contributed by atoms with Crippen molar-refractivity contribution in [3.05, 3.63) is 78.1 Å². The van der Waals surface area contributed by atoms with E-state index in [1.54, 1.807) is 44.2 Å². The van der Waals surface area contributed by atoms with Crippen LogP contribution < -0.4 is 19.7 Å². The van der Waals surface area contributed by atoms with Gasteiger partial charge in [-0.1, -0.05) is 17.8 Å². The van der Waals surface area contributed by atoms with E-state index in [0.29, 0.717) is 28.1 Å². The molecule has 2 heterocycles. The van der Waals surface area contributed by atoms with Crippen molar-refractivity contribution in [2.45, 2.75) is 32.8 Å². The lowest BCUT2D eigenvalue weighted by molar-refractivity contribution is -0.274. The number of anilines is 2. The van der Waals surface area contributed by atoms with Crippen molar-refractivity contribution in [3.63, 3.8) is 0 Å². The Labute approximate surface area is 267 Å². The minimum absolute atomic E-state index is 0.0289. The maximum Gasteiger partial charge on any atom is 0.573 e. The molecule has 246 valence electrons. The van der Waals surface area contributed by atoms with Crippen LogP contribution in [0, 0.1) is 13.8 Å². The highest BCUT2D eigenvalue weighted by atomic mass is 32.2. The van der Waals surface area contributed by atoms with Gasteiger partial charge in [0.1, 0.15) is 17.8 Å². The first-order valence-corrected chi connectivity index (χ1v) is 14.7. The Kier molecular flexibility index (Phi) is 9.46. The van der Waals surface area contributed by atoms with E-state index in [2.05, 4.69) is 25.1 Å². The quantitative estimate of drug-likeness (QED) is 0.193. The molecule has 0 spiro atoms. The van der Waals surface area contributed by atoms with Crippen LogP contribution in [0.15, 0.2) is 72.0 Å². The number of ether oxygens (including phenoxy) is 2. The highest BCUT2D eigenvalue weighted by molar-refractivity contribution is 8.15. The van der Waals surface area contributed by atoms with Gasteiger partial charge >= 0.3 is 18.6 Å². The number of carbonyl (C=O) groups is 2. The second-order valence-electron chi connectivity index (χ2n) is 10.1. The summed E-state index contributed by atoms with van der Waals surface area (Å²) in [6.45, 7) is 2.81. The zero-order valence-electron chi connectivity index (χ0n) is 24.5. The van der Waals surface area contributed by atoms with Crippen LogP contribution in [-0.4, -0.2) is 56.8 Å². The smallest absolute Gasteiger partial charge is 0.491 e. The Morgan fingerprint density at radius 1 is 1.02 bits per heavy atom. The Morgan fingerprint density at radius 2 is 1.77 bits per heavy atom. The number of halogens is 6. The molecular weight excluding hydrogens is 654 g/mol. The van der Waals surface area contributed by atoms with Gasteiger partial charge in [0, 0.05) is 11.3 Å². The molecule has 0 atom stereocenters. The number of hydrogen-bond acceptors (Lipinski definition) is 7. The van der Waals surface area contributed by atoms with E-state index < -0.39 is 37.5 Å². The van der Waals surface area contributed by atoms with Crippen molar-refractivity contribution in [1.29, 1.82) is 0 Å². The molecule has 0 aliphatic carbocycles. The normalized spacial score (nSPS) is 14.5. The molecule has 1 aliphatic heterocycles. The number of aromatic nitrogens is 3. The van der Waals surface area contributed by atoms with Gasteiger partial charge in [-0.25, -0.2) is 14.5 Å². The number of hydrogen-bond donors (Lipinski definition) is 1. The van der Waals surface area contributed by atoms with E-state index in [1.807, 2.05) is 0 Å². The van der Waals surface area contributed by atoms with Crippen LogP contribution in [0.25, 0.3) is 17.1 Å². The highest BCUT2D eigenvalue weighted by Crippen LogP contribution is 2.36. The summed E-state index contributed by atoms with van der Waals surface area (Å²) < 4.78 is 86.0. The van der Waals surface area contributed by atoms with Crippen LogP contribution in [0.5, 0.6) is 11.5 Å². The van der Waals surface area contributed by atoms with Crippen LogP contribution >= 0.6 is 11.8 Å². The van der Waals surface area contributed by atoms with Crippen LogP contribution in [-0.2, 0) is 4.79 Å². The fraction of sp³-hybridized carbons (Fsp3) is 0.233. The van der Waals surface area contributed by atoms with Gasteiger partial charge in [0.15, 0.2) is 11.0 Å². The predicted molar refractivity (Wildman–Crippen MR) is 162 cm³/mol. The minimum atomic E-state index is -4.81. The van der Waals surface area contributed by atoms with Gasteiger partial charge in [-0.2, -0.15) is 18.2 Å². The molecule has 10 nitrogen and oxygen atoms in total. The van der Waals surface area contributed by atoms with Gasteiger partial charge in [0.05, 0.1) is 30.2 Å². The second-order valence-corrected chi connectivity index (χ2v) is 11.1. The van der Waals surface area contributed by atoms with E-state index >= 15 is 0 Å². The number of benzene rings is 3. The average molecular weight is 679 g/mol. The molecule has 0 radical (unpaired) electrons. The van der Waals surface area contributed by atoms with Gasteiger partial charge in [-0.05, 0) is 79.6 Å². The lowest BCUT2D eigenvalue weighted by Crippen LogP contribution is -2.31. The number of amidine groups is 1. The van der Waals surface area contributed by atoms with Gasteiger partial charge < -0.3 is 14.8 Å². The molecule has 0 saturated carbocycles. The fourth-order valence-corrected chi connectivity index (χ4v) is 5.23. The number of thioether (sulfide) groups is 1. The molecule has 3 aromatic carbocycles. The first kappa shape index (κ1) is 33.3. The van der Waals surface area contributed by atoms with E-state index in [-0.39, 0.29) is 33.9 Å². The number of aliphatic imine (C=N–C) groups is 1. The summed E-state index contributed by atoms with van der Waals surface area (Å²) in [6, 6.07) is 13.9. The Bertz CT molecular complexity index is 1820. The van der Waals surface area contributed by atoms with Crippen LogP contribution in [0.1, 0.15) is 17.5 Å². The third kappa shape index (κ3) is 8.60. The fourth-order valence-electron chi connectivity index (χ4n) is 4.37. The van der Waals surface area contributed by atoms with E-state index in [9.17, 15) is 35.9 Å². The van der Waals surface area contributed by atoms with Crippen molar-refractivity contribution in [2.24, 2.45) is 4.99 Å². The van der Waals surface area contributed by atoms with E-state index in [0.717, 1.165) is 28.8 Å². The number of aryl methyl sites for hydroxylation is 2. The summed E-state index contributed by atoms with van der Waals surface area (Å²) >= 11 is 0.997. The average Bonchev–Trinajstić information content (AvgIpc) is 3.61. The highest BCUT2D eigenvalue weighted by Gasteiger charge is 2.34. The number of nitrogens with one attached hydrogen (secondary N) is 1. The summed E-state index contributed by atoms with van der Waals surface area (Å²) in [7, 11) is 0. The molecule has 1 aliphatic rings. The van der Waals surface area contributed by atoms with Crippen LogP contribution in [0.4, 0.5) is 42.5 Å². The zero-order chi connectivity index (χ0) is 33.9. The molecule has 0 unspecified atom stereocenters. The van der Waals surface area contributed by atoms with Gasteiger partial charge in [-0.15, -0.1) is 18.3 Å². The molecule has 1 fully saturated rings. The predicted octanol–water partition coefficient (Wildman–Crippen LogP) is 7.45. The third-order valence-corrected chi connectivity index (χ3v) is 7.44. The molecule has 1 saturated heterocycles. The SMILES string of the molecule is Cc1ccc(OCCC(F)(F)F)c(N2C(=O)CSC2=NC(=O)Nc2ccc(-n3cnc(-c4ccc(OC(F)(F)F)cc4)n3)cc2C)c1. The standard InChI is InChI=1S/C30H24F6N6O4S/c1-17-3-10-24(45-12-11-29(31,32)33)23(13-17)42-25(43)15-47-28(42)39-27(44)38-22-9-6-20(14-18(22)2)41-16-37-26(40-41)19-4-7-21(8-5-19)46-30(34,35)36/h3-10,13-14,16H,11-12,15H2,1-2H3,(H,38,44). The first-order chi connectivity index (χ1) is 22.1. The van der Waals surface area contributed by atoms with Gasteiger partial charge in [0.25, 0.3) is 0 Å². The number of alkyl halides is 6. The minimum Gasteiger partial charge on any atom is -0.491 e. The summed E-state index contributed by atoms with van der Waals surface area (Å²) in [5.74, 6) is -0.546. The van der Waals surface area contributed by atoms with Crippen molar-refractivity contribution >= 4 is 40.2 Å². The maximum atomic E-state index is 12.9. The first-order valence-electron chi connectivity index (χ1n) is 13.7. The Morgan fingerprint density at radius 3 is 2.45 bits per heavy atom. The molecular formula is C30H24F6N6O4S. The second kappa shape index (κ2) is 13.4. The van der Waals surface area contributed by atoms with E-state index in [4.69, 9.17) is 4.74 Å². The molecule has 47 heavy (non-hydrogen) atoms. The number of amides is 3. The number of urea groups is 1. The van der Waals surface area contributed by atoms with Crippen molar-refractivity contribution in [3.8, 4) is 28.6 Å². The largest absolute Gasteiger partial charge is 0.573 e. The monoisotopic (exact) mass is 678 g/mol. The Balaban J connectivity index is 1.29. The lowest BCUT2D eigenvalue weighted by Gasteiger charge is -2.21. The van der Waals surface area contributed by atoms with Gasteiger partial charge in [0.2, 0.25) is 5.91 Å². The molecule has 1 aromatic heterocycles. The number of rotatable bonds is 8. The topological polar surface area (TPSA) is 111 Å². The molecule has 0 bridgehead atoms.